The molecule has 1 heterocycles. The average molecular weight is 336 g/mol. The van der Waals surface area contributed by atoms with Crippen LogP contribution in [0.4, 0.5) is 11.6 Å². The number of anilines is 2. The lowest BCUT2D eigenvalue weighted by Crippen LogP contribution is -2.19. The second kappa shape index (κ2) is 7.21. The van der Waals surface area contributed by atoms with Crippen LogP contribution in [0.3, 0.4) is 0 Å². The molecule has 0 saturated carbocycles. The van der Waals surface area contributed by atoms with E-state index < -0.39 is 0 Å². The summed E-state index contributed by atoms with van der Waals surface area (Å²) in [6, 6.07) is 10.1. The zero-order chi connectivity index (χ0) is 14.4. The lowest BCUT2D eigenvalue weighted by molar-refractivity contribution is 0.886. The highest BCUT2D eigenvalue weighted by atomic mass is 79.9. The van der Waals surface area contributed by atoms with Gasteiger partial charge in [0, 0.05) is 37.2 Å². The van der Waals surface area contributed by atoms with Gasteiger partial charge in [-0.05, 0) is 11.6 Å². The molecule has 1 aromatic carbocycles. The summed E-state index contributed by atoms with van der Waals surface area (Å²) in [6.45, 7) is 2.05. The van der Waals surface area contributed by atoms with Crippen LogP contribution in [0.1, 0.15) is 5.56 Å². The number of aromatic nitrogens is 2. The molecule has 0 radical (unpaired) electrons. The quantitative estimate of drug-likeness (QED) is 0.847. The Morgan fingerprint density at radius 3 is 2.85 bits per heavy atom. The maximum Gasteiger partial charge on any atom is 0.134 e. The number of benzene rings is 1. The topological polar surface area (TPSA) is 67.1 Å². The molecule has 0 amide bonds. The zero-order valence-electron chi connectivity index (χ0n) is 11.4. The number of nitrogens with one attached hydrogen (secondary N) is 1. The summed E-state index contributed by atoms with van der Waals surface area (Å²) in [4.78, 5) is 10.6. The Balaban J connectivity index is 2.09. The second-order valence-corrected chi connectivity index (χ2v) is 5.28. The molecule has 0 atom stereocenters. The number of nitrogens with two attached hydrogens (primary N) is 1. The number of nitrogens with zero attached hydrogens (tertiary/aromatic N) is 3. The van der Waals surface area contributed by atoms with E-state index in [4.69, 9.17) is 5.73 Å². The summed E-state index contributed by atoms with van der Waals surface area (Å²) in [7, 11) is 2.01. The molecule has 0 aliphatic carbocycles. The molecule has 1 aromatic heterocycles. The molecule has 0 bridgehead atoms. The van der Waals surface area contributed by atoms with Crippen molar-refractivity contribution < 1.29 is 0 Å². The number of rotatable bonds is 6. The van der Waals surface area contributed by atoms with Crippen molar-refractivity contribution in [2.24, 2.45) is 5.73 Å². The number of hydrogen-bond acceptors (Lipinski definition) is 5. The van der Waals surface area contributed by atoms with E-state index in [1.807, 2.05) is 31.3 Å². The summed E-state index contributed by atoms with van der Waals surface area (Å²) in [5.41, 5.74) is 6.68. The van der Waals surface area contributed by atoms with Gasteiger partial charge in [-0.3, -0.25) is 0 Å². The summed E-state index contributed by atoms with van der Waals surface area (Å²) in [5, 5.41) is 3.15. The molecule has 0 spiro atoms. The Labute approximate surface area is 127 Å². The maximum absolute atomic E-state index is 5.47. The third kappa shape index (κ3) is 3.91. The van der Waals surface area contributed by atoms with E-state index in [1.54, 1.807) is 6.33 Å². The first-order chi connectivity index (χ1) is 9.70. The lowest BCUT2D eigenvalue weighted by Gasteiger charge is -2.19. The van der Waals surface area contributed by atoms with E-state index >= 15 is 0 Å². The van der Waals surface area contributed by atoms with Crippen LogP contribution in [0.15, 0.2) is 41.1 Å². The normalized spacial score (nSPS) is 10.3. The van der Waals surface area contributed by atoms with Gasteiger partial charge in [0.15, 0.2) is 0 Å². The molecule has 5 nitrogen and oxygen atoms in total. The summed E-state index contributed by atoms with van der Waals surface area (Å²) in [5.74, 6) is 1.66. The molecule has 0 saturated heterocycles. The van der Waals surface area contributed by atoms with Crippen molar-refractivity contribution in [3.05, 3.63) is 46.7 Å². The first kappa shape index (κ1) is 14.7. The minimum absolute atomic E-state index is 0.576. The van der Waals surface area contributed by atoms with Gasteiger partial charge in [-0.25, -0.2) is 9.97 Å². The molecule has 3 N–H and O–H groups in total. The van der Waals surface area contributed by atoms with Gasteiger partial charge in [-0.2, -0.15) is 0 Å². The van der Waals surface area contributed by atoms with E-state index in [9.17, 15) is 0 Å². The Hall–Kier alpha value is -1.66. The Morgan fingerprint density at radius 2 is 2.10 bits per heavy atom. The molecule has 6 heteroatoms. The fourth-order valence-electron chi connectivity index (χ4n) is 1.82. The van der Waals surface area contributed by atoms with E-state index in [2.05, 4.69) is 42.2 Å². The molecular formula is C14H18BrN5. The molecule has 20 heavy (non-hydrogen) atoms. The van der Waals surface area contributed by atoms with Crippen LogP contribution in [0, 0.1) is 0 Å². The highest BCUT2D eigenvalue weighted by Crippen LogP contribution is 2.20. The van der Waals surface area contributed by atoms with Crippen molar-refractivity contribution in [1.29, 1.82) is 0 Å². The number of hydrogen-bond donors (Lipinski definition) is 2. The van der Waals surface area contributed by atoms with Crippen LogP contribution in [0.5, 0.6) is 0 Å². The number of halogens is 1. The molecule has 0 aliphatic heterocycles. The Morgan fingerprint density at radius 1 is 1.30 bits per heavy atom. The largest absolute Gasteiger partial charge is 0.369 e. The molecule has 0 aliphatic rings. The van der Waals surface area contributed by atoms with Crippen LogP contribution < -0.4 is 16.0 Å². The van der Waals surface area contributed by atoms with Gasteiger partial charge in [0.1, 0.15) is 18.0 Å². The third-order valence-corrected chi connectivity index (χ3v) is 3.63. The van der Waals surface area contributed by atoms with E-state index in [0.29, 0.717) is 13.1 Å². The van der Waals surface area contributed by atoms with Gasteiger partial charge in [0.25, 0.3) is 0 Å². The monoisotopic (exact) mass is 335 g/mol. The van der Waals surface area contributed by atoms with Crippen LogP contribution in [-0.2, 0) is 6.54 Å². The zero-order valence-corrected chi connectivity index (χ0v) is 13.0. The summed E-state index contributed by atoms with van der Waals surface area (Å²) >= 11 is 3.56. The minimum atomic E-state index is 0.576. The van der Waals surface area contributed by atoms with Gasteiger partial charge in [-0.15, -0.1) is 0 Å². The molecule has 2 aromatic rings. The SMILES string of the molecule is CN(Cc1ccccc1Br)c1cc(NCCN)ncn1. The minimum Gasteiger partial charge on any atom is -0.369 e. The van der Waals surface area contributed by atoms with Gasteiger partial charge in [-0.1, -0.05) is 34.1 Å². The van der Waals surface area contributed by atoms with Crippen molar-refractivity contribution in [3.63, 3.8) is 0 Å². The Bertz CT molecular complexity index is 561. The molecular weight excluding hydrogens is 318 g/mol. The van der Waals surface area contributed by atoms with Crippen molar-refractivity contribution >= 4 is 27.6 Å². The predicted molar refractivity (Wildman–Crippen MR) is 85.8 cm³/mol. The summed E-state index contributed by atoms with van der Waals surface area (Å²) < 4.78 is 1.10. The van der Waals surface area contributed by atoms with Crippen LogP contribution in [0.2, 0.25) is 0 Å². The molecule has 106 valence electrons. The van der Waals surface area contributed by atoms with Crippen LogP contribution in [0.25, 0.3) is 0 Å². The van der Waals surface area contributed by atoms with Crippen LogP contribution in [-0.4, -0.2) is 30.1 Å². The summed E-state index contributed by atoms with van der Waals surface area (Å²) in [6.07, 6.45) is 1.56. The van der Waals surface area contributed by atoms with Crippen LogP contribution >= 0.6 is 15.9 Å². The predicted octanol–water partition coefficient (Wildman–Crippen LogP) is 2.25. The van der Waals surface area contributed by atoms with Gasteiger partial charge >= 0.3 is 0 Å². The standard InChI is InChI=1S/C14H18BrN5/c1-20(9-11-4-2-3-5-12(11)15)14-8-13(17-7-6-16)18-10-19-14/h2-5,8,10H,6-7,9,16H2,1H3,(H,17,18,19). The van der Waals surface area contributed by atoms with Crippen molar-refractivity contribution in [3.8, 4) is 0 Å². The first-order valence-electron chi connectivity index (χ1n) is 6.41. The fraction of sp³-hybridized carbons (Fsp3) is 0.286. The lowest BCUT2D eigenvalue weighted by atomic mass is 10.2. The second-order valence-electron chi connectivity index (χ2n) is 4.42. The van der Waals surface area contributed by atoms with Gasteiger partial charge < -0.3 is 16.0 Å². The molecule has 0 fully saturated rings. The Kier molecular flexibility index (Phi) is 5.31. The van der Waals surface area contributed by atoms with E-state index in [0.717, 1.165) is 22.7 Å². The van der Waals surface area contributed by atoms with E-state index in [1.165, 1.54) is 5.56 Å². The molecule has 0 unspecified atom stereocenters. The van der Waals surface area contributed by atoms with E-state index in [-0.39, 0.29) is 0 Å². The third-order valence-electron chi connectivity index (χ3n) is 2.86. The van der Waals surface area contributed by atoms with Gasteiger partial charge in [0.05, 0.1) is 0 Å². The first-order valence-corrected chi connectivity index (χ1v) is 7.20. The van der Waals surface area contributed by atoms with Gasteiger partial charge in [0.2, 0.25) is 0 Å². The fourth-order valence-corrected chi connectivity index (χ4v) is 2.23. The average Bonchev–Trinajstić information content (AvgIpc) is 2.48. The highest BCUT2D eigenvalue weighted by Gasteiger charge is 2.07. The molecule has 2 rings (SSSR count). The van der Waals surface area contributed by atoms with Crippen molar-refractivity contribution in [2.75, 3.05) is 30.4 Å². The maximum atomic E-state index is 5.47. The van der Waals surface area contributed by atoms with Crippen molar-refractivity contribution in [2.45, 2.75) is 6.54 Å². The van der Waals surface area contributed by atoms with Crippen molar-refractivity contribution in [1.82, 2.24) is 9.97 Å². The smallest absolute Gasteiger partial charge is 0.134 e. The highest BCUT2D eigenvalue weighted by molar-refractivity contribution is 9.10.